The molecular weight excluding hydrogens is 415 g/mol. The predicted octanol–water partition coefficient (Wildman–Crippen LogP) is 4.63. The Bertz CT molecular complexity index is 1050. The van der Waals surface area contributed by atoms with E-state index in [0.29, 0.717) is 31.7 Å². The lowest BCUT2D eigenvalue weighted by Gasteiger charge is -2.57. The summed E-state index contributed by atoms with van der Waals surface area (Å²) < 4.78 is 15.1. The molecule has 0 aliphatic heterocycles. The quantitative estimate of drug-likeness (QED) is 0.424. The van der Waals surface area contributed by atoms with Crippen molar-refractivity contribution in [3.63, 3.8) is 0 Å². The molecule has 3 N–H and O–H groups in total. The summed E-state index contributed by atoms with van der Waals surface area (Å²) in [6.45, 7) is 0.307. The Morgan fingerprint density at radius 3 is 2.50 bits per heavy atom. The largest absolute Gasteiger partial charge is 0.478 e. The molecule has 1 heterocycles. The first kappa shape index (κ1) is 20.7. The minimum absolute atomic E-state index is 0.0112. The third-order valence-electron chi connectivity index (χ3n) is 7.28. The average Bonchev–Trinajstić information content (AvgIpc) is 2.73. The van der Waals surface area contributed by atoms with Crippen molar-refractivity contribution < 1.29 is 19.2 Å². The number of carboxylic acids is 1. The summed E-state index contributed by atoms with van der Waals surface area (Å²) in [6.07, 6.45) is 4.37. The highest BCUT2D eigenvalue weighted by Crippen LogP contribution is 2.58. The summed E-state index contributed by atoms with van der Waals surface area (Å²) in [6, 6.07) is 9.18. The Kier molecular flexibility index (Phi) is 4.98. The van der Waals surface area contributed by atoms with Crippen molar-refractivity contribution >= 4 is 23.2 Å². The molecule has 32 heavy (non-hydrogen) atoms. The standard InChI is InChI=1S/C23H25FN4O4/c24-23-8-14-6-15(9-23)18(16(7-14)10-23)27-19-17(22(29)30)12-26-21(20(19)28(31)32)25-11-13-4-2-1-3-5-13/h1-5,12,14-16,18H,6-11H2,(H,29,30)(H2,25,26,27). The summed E-state index contributed by atoms with van der Waals surface area (Å²) in [7, 11) is 0. The molecule has 4 bridgehead atoms. The number of alkyl halides is 1. The molecule has 2 aromatic rings. The Morgan fingerprint density at radius 2 is 1.91 bits per heavy atom. The maximum atomic E-state index is 15.1. The van der Waals surface area contributed by atoms with E-state index in [1.807, 2.05) is 30.3 Å². The Morgan fingerprint density at radius 1 is 1.22 bits per heavy atom. The van der Waals surface area contributed by atoms with E-state index in [0.717, 1.165) is 24.6 Å². The van der Waals surface area contributed by atoms with Crippen molar-refractivity contribution in [1.29, 1.82) is 0 Å². The van der Waals surface area contributed by atoms with Gasteiger partial charge in [0.1, 0.15) is 16.9 Å². The van der Waals surface area contributed by atoms with Crippen LogP contribution in [0.2, 0.25) is 0 Å². The van der Waals surface area contributed by atoms with E-state index in [4.69, 9.17) is 0 Å². The van der Waals surface area contributed by atoms with E-state index in [1.54, 1.807) is 0 Å². The van der Waals surface area contributed by atoms with Crippen LogP contribution in [0.5, 0.6) is 0 Å². The molecule has 2 atom stereocenters. The van der Waals surface area contributed by atoms with Crippen LogP contribution in [-0.2, 0) is 6.54 Å². The molecule has 4 saturated carbocycles. The summed E-state index contributed by atoms with van der Waals surface area (Å²) in [5.74, 6) is -0.839. The first-order valence-corrected chi connectivity index (χ1v) is 11.0. The van der Waals surface area contributed by atoms with Gasteiger partial charge in [-0.3, -0.25) is 10.1 Å². The van der Waals surface area contributed by atoms with Crippen molar-refractivity contribution in [2.24, 2.45) is 17.8 Å². The van der Waals surface area contributed by atoms with Gasteiger partial charge in [-0.2, -0.15) is 0 Å². The third-order valence-corrected chi connectivity index (χ3v) is 7.28. The van der Waals surface area contributed by atoms with Crippen molar-refractivity contribution in [2.75, 3.05) is 10.6 Å². The number of hydrogen-bond acceptors (Lipinski definition) is 6. The molecule has 2 unspecified atom stereocenters. The first-order chi connectivity index (χ1) is 15.3. The molecule has 0 radical (unpaired) electrons. The van der Waals surface area contributed by atoms with Crippen LogP contribution < -0.4 is 10.6 Å². The number of halogens is 1. The molecule has 1 aromatic carbocycles. The van der Waals surface area contributed by atoms with Gasteiger partial charge in [0.25, 0.3) is 0 Å². The van der Waals surface area contributed by atoms with Crippen molar-refractivity contribution in [1.82, 2.24) is 4.98 Å². The second-order valence-electron chi connectivity index (χ2n) is 9.44. The number of nitrogens with zero attached hydrogens (tertiary/aromatic N) is 2. The van der Waals surface area contributed by atoms with Gasteiger partial charge in [0, 0.05) is 18.8 Å². The summed E-state index contributed by atoms with van der Waals surface area (Å²) in [5, 5.41) is 28.0. The highest BCUT2D eigenvalue weighted by molar-refractivity contribution is 5.98. The number of benzene rings is 1. The Labute approximate surface area is 184 Å². The van der Waals surface area contributed by atoms with Gasteiger partial charge in [-0.25, -0.2) is 14.2 Å². The highest BCUT2D eigenvalue weighted by Gasteiger charge is 2.56. The number of nitrogens with one attached hydrogen (secondary N) is 2. The maximum Gasteiger partial charge on any atom is 0.339 e. The molecule has 8 nitrogen and oxygen atoms in total. The number of aromatic nitrogens is 1. The number of aromatic carboxylic acids is 1. The lowest BCUT2D eigenvalue weighted by atomic mass is 9.53. The van der Waals surface area contributed by atoms with E-state index < -0.39 is 16.6 Å². The molecular formula is C23H25FN4O4. The smallest absolute Gasteiger partial charge is 0.339 e. The average molecular weight is 440 g/mol. The van der Waals surface area contributed by atoms with Gasteiger partial charge >= 0.3 is 11.7 Å². The van der Waals surface area contributed by atoms with Crippen LogP contribution in [0.4, 0.5) is 21.6 Å². The molecule has 0 amide bonds. The monoisotopic (exact) mass is 440 g/mol. The molecule has 6 rings (SSSR count). The molecule has 168 valence electrons. The van der Waals surface area contributed by atoms with Gasteiger partial charge in [0.2, 0.25) is 5.82 Å². The minimum Gasteiger partial charge on any atom is -0.478 e. The summed E-state index contributed by atoms with van der Waals surface area (Å²) in [4.78, 5) is 27.4. The van der Waals surface area contributed by atoms with E-state index >= 15 is 4.39 Å². The molecule has 4 aliphatic carbocycles. The molecule has 9 heteroatoms. The van der Waals surface area contributed by atoms with Crippen LogP contribution in [0, 0.1) is 27.9 Å². The zero-order valence-electron chi connectivity index (χ0n) is 17.5. The fraction of sp³-hybridized carbons (Fsp3) is 0.478. The molecule has 0 saturated heterocycles. The van der Waals surface area contributed by atoms with E-state index in [9.17, 15) is 20.0 Å². The van der Waals surface area contributed by atoms with Crippen molar-refractivity contribution in [2.45, 2.75) is 50.4 Å². The van der Waals surface area contributed by atoms with Crippen molar-refractivity contribution in [3.8, 4) is 0 Å². The van der Waals surface area contributed by atoms with Gasteiger partial charge in [0.15, 0.2) is 0 Å². The number of nitro groups is 1. The van der Waals surface area contributed by atoms with Crippen LogP contribution >= 0.6 is 0 Å². The van der Waals surface area contributed by atoms with Gasteiger partial charge in [-0.15, -0.1) is 0 Å². The zero-order valence-corrected chi connectivity index (χ0v) is 17.5. The second kappa shape index (κ2) is 7.72. The lowest BCUT2D eigenvalue weighted by Crippen LogP contribution is -2.57. The summed E-state index contributed by atoms with van der Waals surface area (Å²) in [5.41, 5.74) is -0.903. The first-order valence-electron chi connectivity index (χ1n) is 11.0. The zero-order chi connectivity index (χ0) is 22.5. The van der Waals surface area contributed by atoms with E-state index in [2.05, 4.69) is 15.6 Å². The fourth-order valence-electron chi connectivity index (χ4n) is 6.23. The third kappa shape index (κ3) is 3.65. The summed E-state index contributed by atoms with van der Waals surface area (Å²) >= 11 is 0. The predicted molar refractivity (Wildman–Crippen MR) is 116 cm³/mol. The van der Waals surface area contributed by atoms with E-state index in [1.165, 1.54) is 0 Å². The SMILES string of the molecule is O=C(O)c1cnc(NCc2ccccc2)c([N+](=O)[O-])c1NC1C2CC3CC1CC(F)(C3)C2. The highest BCUT2D eigenvalue weighted by atomic mass is 19.1. The van der Waals surface area contributed by atoms with Gasteiger partial charge in [0.05, 0.1) is 4.92 Å². The number of pyridine rings is 1. The lowest BCUT2D eigenvalue weighted by molar-refractivity contribution is -0.383. The number of hydrogen-bond donors (Lipinski definition) is 3. The van der Waals surface area contributed by atoms with Crippen LogP contribution in [0.3, 0.4) is 0 Å². The van der Waals surface area contributed by atoms with Gasteiger partial charge in [-0.05, 0) is 55.4 Å². The van der Waals surface area contributed by atoms with Crippen LogP contribution in [0.1, 0.15) is 48.0 Å². The molecule has 1 aromatic heterocycles. The minimum atomic E-state index is -1.29. The Balaban J connectivity index is 1.48. The second-order valence-corrected chi connectivity index (χ2v) is 9.44. The number of rotatable bonds is 7. The Hall–Kier alpha value is -3.23. The number of carboxylic acid groups (broad SMARTS) is 1. The molecule has 0 spiro atoms. The maximum absolute atomic E-state index is 15.1. The van der Waals surface area contributed by atoms with Crippen LogP contribution in [0.15, 0.2) is 36.5 Å². The number of carbonyl (C=O) groups is 1. The number of anilines is 2. The van der Waals surface area contributed by atoms with Crippen molar-refractivity contribution in [3.05, 3.63) is 57.8 Å². The van der Waals surface area contributed by atoms with Crippen LogP contribution in [0.25, 0.3) is 0 Å². The van der Waals surface area contributed by atoms with Gasteiger partial charge in [-0.1, -0.05) is 30.3 Å². The van der Waals surface area contributed by atoms with E-state index in [-0.39, 0.29) is 40.6 Å². The topological polar surface area (TPSA) is 117 Å². The van der Waals surface area contributed by atoms with Gasteiger partial charge < -0.3 is 15.7 Å². The molecule has 4 fully saturated rings. The molecule has 4 aliphatic rings. The fourth-order valence-corrected chi connectivity index (χ4v) is 6.23. The normalized spacial score (nSPS) is 30.2. The van der Waals surface area contributed by atoms with Crippen LogP contribution in [-0.4, -0.2) is 32.7 Å².